The topological polar surface area (TPSA) is 105 Å². The van der Waals surface area contributed by atoms with Crippen LogP contribution < -0.4 is 11.2 Å². The molecule has 1 fully saturated rings. The van der Waals surface area contributed by atoms with Gasteiger partial charge in [-0.3, -0.25) is 14.3 Å². The Bertz CT molecular complexity index is 603. The number of aliphatic hydroxyl groups is 2. The van der Waals surface area contributed by atoms with E-state index in [1.807, 2.05) is 0 Å². The van der Waals surface area contributed by atoms with Crippen molar-refractivity contribution in [2.45, 2.75) is 30.5 Å². The van der Waals surface area contributed by atoms with E-state index >= 15 is 0 Å². The summed E-state index contributed by atoms with van der Waals surface area (Å²) in [5.41, 5.74) is -4.66. The number of ether oxygens (including phenoxy) is 1. The number of hydrogen-bond donors (Lipinski definition) is 3. The normalized spacial score (nSPS) is 33.8. The van der Waals surface area contributed by atoms with E-state index in [1.165, 1.54) is 0 Å². The molecule has 0 saturated carbocycles. The Morgan fingerprint density at radius 1 is 1.50 bits per heavy atom. The van der Waals surface area contributed by atoms with Crippen molar-refractivity contribution >= 4 is 0 Å². The predicted molar refractivity (Wildman–Crippen MR) is 58.2 cm³/mol. The number of aliphatic hydroxyl groups excluding tert-OH is 2. The number of aromatic nitrogens is 2. The fraction of sp³-hybridized carbons (Fsp3) is 0.600. The summed E-state index contributed by atoms with van der Waals surface area (Å²) in [7, 11) is 0. The monoisotopic (exact) mass is 296 g/mol. The lowest BCUT2D eigenvalue weighted by molar-refractivity contribution is -0.195. The van der Waals surface area contributed by atoms with Crippen LogP contribution in [-0.2, 0) is 4.74 Å². The summed E-state index contributed by atoms with van der Waals surface area (Å²) in [5.74, 6) is 0. The van der Waals surface area contributed by atoms with Gasteiger partial charge in [0, 0.05) is 12.3 Å². The van der Waals surface area contributed by atoms with Crippen LogP contribution in [0.4, 0.5) is 13.2 Å². The Labute approximate surface area is 109 Å². The molecule has 20 heavy (non-hydrogen) atoms. The van der Waals surface area contributed by atoms with Crippen molar-refractivity contribution in [3.63, 3.8) is 0 Å². The predicted octanol–water partition coefficient (Wildman–Crippen LogP) is -1.24. The molecule has 4 atom stereocenters. The number of aromatic amines is 1. The molecular weight excluding hydrogens is 285 g/mol. The van der Waals surface area contributed by atoms with E-state index in [1.54, 1.807) is 4.98 Å². The summed E-state index contributed by atoms with van der Waals surface area (Å²) in [4.78, 5) is 24.2. The molecule has 0 bridgehead atoms. The van der Waals surface area contributed by atoms with Gasteiger partial charge in [-0.05, 0) is 0 Å². The molecule has 0 amide bonds. The van der Waals surface area contributed by atoms with Crippen LogP contribution in [0.2, 0.25) is 0 Å². The Morgan fingerprint density at radius 3 is 2.60 bits per heavy atom. The molecule has 1 saturated heterocycles. The maximum Gasteiger partial charge on any atom is 0.330 e. The SMILES string of the molecule is O=c1ccn([C@@H]2O[C@@](CO)(C(F)F)[C@@H](O)[C@@H]2F)c(=O)[nH]1. The van der Waals surface area contributed by atoms with Crippen molar-refractivity contribution in [2.24, 2.45) is 0 Å². The second-order valence-corrected chi connectivity index (χ2v) is 4.33. The first-order valence-electron chi connectivity index (χ1n) is 5.54. The number of alkyl halides is 3. The van der Waals surface area contributed by atoms with Crippen molar-refractivity contribution in [1.29, 1.82) is 0 Å². The summed E-state index contributed by atoms with van der Waals surface area (Å²) in [6.07, 6.45) is -9.10. The maximum absolute atomic E-state index is 13.9. The number of halogens is 3. The van der Waals surface area contributed by atoms with Gasteiger partial charge in [0.1, 0.15) is 6.10 Å². The van der Waals surface area contributed by atoms with E-state index in [0.717, 1.165) is 12.3 Å². The molecule has 10 heteroatoms. The zero-order valence-electron chi connectivity index (χ0n) is 9.87. The molecule has 0 unspecified atom stereocenters. The largest absolute Gasteiger partial charge is 0.393 e. The highest BCUT2D eigenvalue weighted by atomic mass is 19.3. The van der Waals surface area contributed by atoms with Crippen LogP contribution in [0.5, 0.6) is 0 Å². The van der Waals surface area contributed by atoms with Gasteiger partial charge >= 0.3 is 5.69 Å². The highest BCUT2D eigenvalue weighted by molar-refractivity contribution is 5.03. The summed E-state index contributed by atoms with van der Waals surface area (Å²) in [5, 5.41) is 18.5. The fourth-order valence-electron chi connectivity index (χ4n) is 2.00. The third kappa shape index (κ3) is 2.05. The Kier molecular flexibility index (Phi) is 3.71. The van der Waals surface area contributed by atoms with Crippen LogP contribution in [0.1, 0.15) is 6.23 Å². The van der Waals surface area contributed by atoms with Gasteiger partial charge in [0.15, 0.2) is 18.0 Å². The Morgan fingerprint density at radius 2 is 2.15 bits per heavy atom. The lowest BCUT2D eigenvalue weighted by Gasteiger charge is -2.28. The zero-order valence-corrected chi connectivity index (χ0v) is 9.87. The Balaban J connectivity index is 2.45. The van der Waals surface area contributed by atoms with Crippen LogP contribution in [-0.4, -0.2) is 50.7 Å². The Hall–Kier alpha value is -1.65. The van der Waals surface area contributed by atoms with Crippen LogP contribution >= 0.6 is 0 Å². The lowest BCUT2D eigenvalue weighted by atomic mass is 9.97. The standard InChI is InChI=1S/C10H11F3N2O5/c11-5-6(18)10(3-16,8(12)13)20-7(5)15-2-1-4(17)14-9(15)19/h1-2,5-8,16,18H,3H2,(H,14,17,19)/t5-,6-,7+,10+/m0/s1. The number of hydrogen-bond acceptors (Lipinski definition) is 5. The molecule has 0 spiro atoms. The number of H-pyrrole nitrogens is 1. The minimum atomic E-state index is -3.37. The van der Waals surface area contributed by atoms with Gasteiger partial charge in [-0.2, -0.15) is 0 Å². The van der Waals surface area contributed by atoms with Crippen LogP contribution in [0.15, 0.2) is 21.9 Å². The van der Waals surface area contributed by atoms with Gasteiger partial charge in [-0.25, -0.2) is 18.0 Å². The number of nitrogens with zero attached hydrogens (tertiary/aromatic N) is 1. The molecule has 3 N–H and O–H groups in total. The molecule has 2 heterocycles. The van der Waals surface area contributed by atoms with Gasteiger partial charge < -0.3 is 14.9 Å². The van der Waals surface area contributed by atoms with Gasteiger partial charge in [-0.15, -0.1) is 0 Å². The molecule has 1 aromatic rings. The van der Waals surface area contributed by atoms with E-state index in [4.69, 9.17) is 9.84 Å². The van der Waals surface area contributed by atoms with Crippen molar-refractivity contribution in [3.8, 4) is 0 Å². The zero-order chi connectivity index (χ0) is 15.1. The average Bonchev–Trinajstić information content (AvgIpc) is 2.64. The smallest absolute Gasteiger partial charge is 0.330 e. The van der Waals surface area contributed by atoms with Gasteiger partial charge in [0.2, 0.25) is 0 Å². The van der Waals surface area contributed by atoms with Gasteiger partial charge in [0.25, 0.3) is 12.0 Å². The minimum Gasteiger partial charge on any atom is -0.393 e. The molecule has 0 aliphatic carbocycles. The quantitative estimate of drug-likeness (QED) is 0.647. The van der Waals surface area contributed by atoms with Crippen LogP contribution in [0.25, 0.3) is 0 Å². The minimum absolute atomic E-state index is 0.523. The highest BCUT2D eigenvalue weighted by Crippen LogP contribution is 2.41. The lowest BCUT2D eigenvalue weighted by Crippen LogP contribution is -2.51. The highest BCUT2D eigenvalue weighted by Gasteiger charge is 2.61. The third-order valence-electron chi connectivity index (χ3n) is 3.16. The second-order valence-electron chi connectivity index (χ2n) is 4.33. The first-order chi connectivity index (χ1) is 9.33. The first kappa shape index (κ1) is 14.8. The van der Waals surface area contributed by atoms with Gasteiger partial charge in [-0.1, -0.05) is 0 Å². The molecule has 1 aliphatic heterocycles. The van der Waals surface area contributed by atoms with E-state index in [-0.39, 0.29) is 0 Å². The van der Waals surface area contributed by atoms with Crippen molar-refractivity contribution in [2.75, 3.05) is 6.61 Å². The molecule has 7 nitrogen and oxygen atoms in total. The summed E-state index contributed by atoms with van der Waals surface area (Å²) in [6, 6.07) is 0.866. The van der Waals surface area contributed by atoms with E-state index in [0.29, 0.717) is 4.57 Å². The molecule has 1 aromatic heterocycles. The van der Waals surface area contributed by atoms with E-state index in [2.05, 4.69) is 0 Å². The van der Waals surface area contributed by atoms with E-state index in [9.17, 15) is 27.9 Å². The average molecular weight is 296 g/mol. The first-order valence-corrected chi connectivity index (χ1v) is 5.54. The summed E-state index contributed by atoms with van der Waals surface area (Å²) < 4.78 is 45.0. The molecular formula is C10H11F3N2O5. The summed E-state index contributed by atoms with van der Waals surface area (Å²) in [6.45, 7) is -1.33. The summed E-state index contributed by atoms with van der Waals surface area (Å²) >= 11 is 0. The molecule has 0 radical (unpaired) electrons. The number of rotatable bonds is 3. The maximum atomic E-state index is 13.9. The van der Waals surface area contributed by atoms with Crippen molar-refractivity contribution < 1.29 is 28.1 Å². The fourth-order valence-corrected chi connectivity index (χ4v) is 2.00. The van der Waals surface area contributed by atoms with Crippen LogP contribution in [0, 0.1) is 0 Å². The molecule has 2 rings (SSSR count). The van der Waals surface area contributed by atoms with Crippen LogP contribution in [0.3, 0.4) is 0 Å². The third-order valence-corrected chi connectivity index (χ3v) is 3.16. The molecule has 1 aliphatic rings. The molecule has 0 aromatic carbocycles. The van der Waals surface area contributed by atoms with Crippen molar-refractivity contribution in [3.05, 3.63) is 33.1 Å². The number of nitrogens with one attached hydrogen (secondary N) is 1. The van der Waals surface area contributed by atoms with E-state index < -0.39 is 48.4 Å². The molecule has 112 valence electrons. The van der Waals surface area contributed by atoms with Gasteiger partial charge in [0.05, 0.1) is 6.61 Å². The van der Waals surface area contributed by atoms with Crippen molar-refractivity contribution in [1.82, 2.24) is 9.55 Å². The second kappa shape index (κ2) is 5.04.